The van der Waals surface area contributed by atoms with Gasteiger partial charge in [0, 0.05) is 0 Å². The largest absolute Gasteiger partial charge is 0.0470 e. The molecule has 8 fully saturated rings. The molecule has 6 atom stereocenters. The summed E-state index contributed by atoms with van der Waals surface area (Å²) in [5.41, 5.74) is 0.992. The smallest absolute Gasteiger partial charge is 0.0199 e. The van der Waals surface area contributed by atoms with Crippen LogP contribution in [0.25, 0.3) is 0 Å². The maximum atomic E-state index is 1.70. The van der Waals surface area contributed by atoms with Crippen LogP contribution in [-0.4, -0.2) is 0 Å². The fraction of sp³-hybridized carbons (Fsp3) is 1.00. The lowest BCUT2D eigenvalue weighted by molar-refractivity contribution is 0.0559. The standard InChI is InChI=1S/C14H18/c1-6-2-9-8(1)12-10-3-7-4-11(10)13(9)14(7,12)5-6/h6-13H,1-5H2. The predicted octanol–water partition coefficient (Wildman–Crippen LogP) is 2.93. The zero-order valence-corrected chi connectivity index (χ0v) is 8.65. The topological polar surface area (TPSA) is 0 Å². The van der Waals surface area contributed by atoms with Gasteiger partial charge < -0.3 is 0 Å². The molecule has 14 heavy (non-hydrogen) atoms. The second-order valence-electron chi connectivity index (χ2n) is 7.53. The molecule has 0 amide bonds. The molecule has 8 aliphatic carbocycles. The molecule has 0 heterocycles. The minimum atomic E-state index is 0.992. The lowest BCUT2D eigenvalue weighted by atomic mass is 9.62. The average Bonchev–Trinajstić information content (AvgIpc) is 2.87. The summed E-state index contributed by atoms with van der Waals surface area (Å²) in [5.74, 6) is 10.0. The Morgan fingerprint density at radius 3 is 1.93 bits per heavy atom. The van der Waals surface area contributed by atoms with Gasteiger partial charge in [-0.25, -0.2) is 0 Å². The summed E-state index contributed by atoms with van der Waals surface area (Å²) in [4.78, 5) is 0. The molecule has 0 aliphatic heterocycles. The van der Waals surface area contributed by atoms with Crippen molar-refractivity contribution in [2.24, 2.45) is 52.8 Å². The van der Waals surface area contributed by atoms with E-state index in [4.69, 9.17) is 0 Å². The Morgan fingerprint density at radius 1 is 0.714 bits per heavy atom. The van der Waals surface area contributed by atoms with Crippen LogP contribution in [0.5, 0.6) is 0 Å². The zero-order chi connectivity index (χ0) is 8.65. The van der Waals surface area contributed by atoms with E-state index in [1.54, 1.807) is 32.1 Å². The van der Waals surface area contributed by atoms with Gasteiger partial charge in [-0.2, -0.15) is 0 Å². The third-order valence-electron chi connectivity index (χ3n) is 7.91. The quantitative estimate of drug-likeness (QED) is 0.545. The summed E-state index contributed by atoms with van der Waals surface area (Å²) in [5, 5.41) is 0. The van der Waals surface area contributed by atoms with Crippen molar-refractivity contribution in [2.45, 2.75) is 32.1 Å². The van der Waals surface area contributed by atoms with Crippen LogP contribution in [0.4, 0.5) is 0 Å². The van der Waals surface area contributed by atoms with Gasteiger partial charge in [-0.05, 0) is 84.9 Å². The highest BCUT2D eigenvalue weighted by Gasteiger charge is 2.83. The maximum Gasteiger partial charge on any atom is -0.0199 e. The monoisotopic (exact) mass is 186 g/mol. The van der Waals surface area contributed by atoms with Gasteiger partial charge in [0.25, 0.3) is 0 Å². The van der Waals surface area contributed by atoms with Crippen LogP contribution in [0.1, 0.15) is 32.1 Å². The first-order chi connectivity index (χ1) is 6.89. The van der Waals surface area contributed by atoms with Gasteiger partial charge in [-0.1, -0.05) is 0 Å². The third kappa shape index (κ3) is 0.366. The molecule has 8 aliphatic rings. The molecular weight excluding hydrogens is 168 g/mol. The summed E-state index contributed by atoms with van der Waals surface area (Å²) in [7, 11) is 0. The van der Waals surface area contributed by atoms with Gasteiger partial charge in [-0.3, -0.25) is 0 Å². The molecule has 0 aromatic carbocycles. The summed E-state index contributed by atoms with van der Waals surface area (Å²) >= 11 is 0. The van der Waals surface area contributed by atoms with E-state index < -0.39 is 0 Å². The van der Waals surface area contributed by atoms with E-state index in [-0.39, 0.29) is 0 Å². The van der Waals surface area contributed by atoms with Crippen LogP contribution in [-0.2, 0) is 0 Å². The minimum Gasteiger partial charge on any atom is -0.0470 e. The van der Waals surface area contributed by atoms with Crippen molar-refractivity contribution in [3.63, 3.8) is 0 Å². The Kier molecular flexibility index (Phi) is 0.715. The SMILES string of the molecule is C1C2CC3C1C1C4CC5CC4C3C51C2. The average molecular weight is 186 g/mol. The third-order valence-corrected chi connectivity index (χ3v) is 7.91. The van der Waals surface area contributed by atoms with E-state index in [1.807, 2.05) is 0 Å². The van der Waals surface area contributed by atoms with Gasteiger partial charge in [0.15, 0.2) is 0 Å². The Bertz CT molecular complexity index is 329. The zero-order valence-electron chi connectivity index (χ0n) is 8.65. The van der Waals surface area contributed by atoms with Crippen molar-refractivity contribution in [3.05, 3.63) is 0 Å². The first kappa shape index (κ1) is 6.55. The molecule has 0 radical (unpaired) electrons. The molecule has 8 rings (SSSR count). The molecule has 9 bridgehead atoms. The predicted molar refractivity (Wildman–Crippen MR) is 53.4 cm³/mol. The Morgan fingerprint density at radius 2 is 1.29 bits per heavy atom. The van der Waals surface area contributed by atoms with E-state index in [0.717, 1.165) is 5.41 Å². The van der Waals surface area contributed by atoms with E-state index in [0.29, 0.717) is 0 Å². The molecule has 0 N–H and O–H groups in total. The molecule has 1 spiro atoms. The van der Waals surface area contributed by atoms with E-state index in [2.05, 4.69) is 0 Å². The summed E-state index contributed by atoms with van der Waals surface area (Å²) in [6.07, 6.45) is 8.41. The van der Waals surface area contributed by atoms with Crippen molar-refractivity contribution >= 4 is 0 Å². The highest BCUT2D eigenvalue weighted by atomic mass is 14.9. The van der Waals surface area contributed by atoms with Gasteiger partial charge in [0.05, 0.1) is 0 Å². The molecular formula is C14H18. The molecule has 0 heteroatoms. The Hall–Kier alpha value is 0. The Balaban J connectivity index is 1.73. The van der Waals surface area contributed by atoms with E-state index in [1.165, 1.54) is 47.3 Å². The van der Waals surface area contributed by atoms with Gasteiger partial charge in [-0.15, -0.1) is 0 Å². The van der Waals surface area contributed by atoms with Crippen LogP contribution in [0, 0.1) is 52.8 Å². The van der Waals surface area contributed by atoms with Crippen LogP contribution in [0.3, 0.4) is 0 Å². The van der Waals surface area contributed by atoms with Crippen LogP contribution < -0.4 is 0 Å². The fourth-order valence-corrected chi connectivity index (χ4v) is 8.51. The first-order valence-electron chi connectivity index (χ1n) is 6.89. The van der Waals surface area contributed by atoms with Crippen LogP contribution in [0.2, 0.25) is 0 Å². The highest BCUT2D eigenvalue weighted by Crippen LogP contribution is 2.89. The lowest BCUT2D eigenvalue weighted by Crippen LogP contribution is -2.36. The second-order valence-corrected chi connectivity index (χ2v) is 7.53. The first-order valence-corrected chi connectivity index (χ1v) is 6.89. The molecule has 0 aromatic heterocycles. The van der Waals surface area contributed by atoms with E-state index in [9.17, 15) is 0 Å². The summed E-state index contributed by atoms with van der Waals surface area (Å²) in [6.45, 7) is 0. The molecule has 74 valence electrons. The number of hydrogen-bond donors (Lipinski definition) is 0. The van der Waals surface area contributed by atoms with Crippen molar-refractivity contribution in [2.75, 3.05) is 0 Å². The second kappa shape index (κ2) is 1.53. The minimum absolute atomic E-state index is 0.992. The van der Waals surface area contributed by atoms with Gasteiger partial charge >= 0.3 is 0 Å². The Labute approximate surface area is 85.4 Å². The molecule has 8 saturated carbocycles. The summed E-state index contributed by atoms with van der Waals surface area (Å²) in [6, 6.07) is 0. The van der Waals surface area contributed by atoms with Crippen molar-refractivity contribution in [3.8, 4) is 0 Å². The van der Waals surface area contributed by atoms with Gasteiger partial charge in [0.2, 0.25) is 0 Å². The lowest BCUT2D eigenvalue weighted by Gasteiger charge is -2.42. The molecule has 0 nitrogen and oxygen atoms in total. The molecule has 0 aromatic rings. The van der Waals surface area contributed by atoms with Crippen molar-refractivity contribution in [1.29, 1.82) is 0 Å². The number of rotatable bonds is 0. The van der Waals surface area contributed by atoms with Crippen LogP contribution >= 0.6 is 0 Å². The van der Waals surface area contributed by atoms with Gasteiger partial charge in [0.1, 0.15) is 0 Å². The van der Waals surface area contributed by atoms with Crippen LogP contribution in [0.15, 0.2) is 0 Å². The normalized spacial score (nSPS) is 84.0. The molecule has 6 unspecified atom stereocenters. The number of hydrogen-bond acceptors (Lipinski definition) is 0. The van der Waals surface area contributed by atoms with E-state index >= 15 is 0 Å². The van der Waals surface area contributed by atoms with Crippen molar-refractivity contribution in [1.82, 2.24) is 0 Å². The van der Waals surface area contributed by atoms with Crippen molar-refractivity contribution < 1.29 is 0 Å². The highest BCUT2D eigenvalue weighted by molar-refractivity contribution is 5.31. The molecule has 0 saturated heterocycles. The summed E-state index contributed by atoms with van der Waals surface area (Å²) < 4.78 is 0. The fourth-order valence-electron chi connectivity index (χ4n) is 8.51. The maximum absolute atomic E-state index is 1.70.